The van der Waals surface area contributed by atoms with Crippen molar-refractivity contribution >= 4 is 0 Å². The minimum atomic E-state index is -4.41. The van der Waals surface area contributed by atoms with E-state index in [1.54, 1.807) is 0 Å². The summed E-state index contributed by atoms with van der Waals surface area (Å²) in [6.45, 7) is 0.156. The molecule has 0 saturated carbocycles. The molecule has 0 spiro atoms. The number of nitrogens with two attached hydrogens (primary N) is 1. The van der Waals surface area contributed by atoms with Gasteiger partial charge in [-0.2, -0.15) is 13.2 Å². The van der Waals surface area contributed by atoms with E-state index in [0.29, 0.717) is 5.69 Å². The van der Waals surface area contributed by atoms with Crippen LogP contribution in [0.2, 0.25) is 0 Å². The minimum Gasteiger partial charge on any atom is -0.325 e. The summed E-state index contributed by atoms with van der Waals surface area (Å²) in [5, 5.41) is 0. The van der Waals surface area contributed by atoms with Gasteiger partial charge < -0.3 is 5.73 Å². The van der Waals surface area contributed by atoms with Crippen molar-refractivity contribution in [1.82, 2.24) is 9.97 Å². The lowest BCUT2D eigenvalue weighted by Crippen LogP contribution is -2.08. The number of alkyl halides is 3. The molecule has 1 aromatic carbocycles. The summed E-state index contributed by atoms with van der Waals surface area (Å²) in [6, 6.07) is 6.75. The van der Waals surface area contributed by atoms with Gasteiger partial charge in [0, 0.05) is 12.1 Å². The maximum absolute atomic E-state index is 12.8. The average Bonchev–Trinajstić information content (AvgIpc) is 2.38. The molecule has 6 heteroatoms. The van der Waals surface area contributed by atoms with Crippen molar-refractivity contribution in [2.24, 2.45) is 5.73 Å². The number of aromatic nitrogens is 2. The van der Waals surface area contributed by atoms with Crippen LogP contribution in [-0.4, -0.2) is 9.97 Å². The maximum atomic E-state index is 12.8. The van der Waals surface area contributed by atoms with Gasteiger partial charge in [0.2, 0.25) is 0 Å². The van der Waals surface area contributed by atoms with Gasteiger partial charge in [-0.05, 0) is 12.1 Å². The smallest absolute Gasteiger partial charge is 0.325 e. The fourth-order valence-corrected chi connectivity index (χ4v) is 1.61. The van der Waals surface area contributed by atoms with Gasteiger partial charge in [0.1, 0.15) is 6.33 Å². The van der Waals surface area contributed by atoms with Crippen LogP contribution >= 0.6 is 0 Å². The lowest BCUT2D eigenvalue weighted by molar-refractivity contribution is -0.137. The summed E-state index contributed by atoms with van der Waals surface area (Å²) < 4.78 is 38.5. The topological polar surface area (TPSA) is 51.8 Å². The summed E-state index contributed by atoms with van der Waals surface area (Å²) in [5.74, 6) is 0. The fourth-order valence-electron chi connectivity index (χ4n) is 1.61. The van der Waals surface area contributed by atoms with E-state index in [4.69, 9.17) is 5.73 Å². The predicted molar refractivity (Wildman–Crippen MR) is 60.4 cm³/mol. The average molecular weight is 253 g/mol. The summed E-state index contributed by atoms with van der Waals surface area (Å²) >= 11 is 0. The van der Waals surface area contributed by atoms with Crippen LogP contribution in [-0.2, 0) is 12.7 Å². The van der Waals surface area contributed by atoms with E-state index in [0.717, 1.165) is 6.07 Å². The number of benzene rings is 1. The molecule has 0 saturated heterocycles. The molecule has 1 aromatic heterocycles. The van der Waals surface area contributed by atoms with Gasteiger partial charge in [-0.1, -0.05) is 18.2 Å². The number of halogens is 3. The van der Waals surface area contributed by atoms with Crippen LogP contribution in [0.5, 0.6) is 0 Å². The Bertz CT molecular complexity index is 552. The summed E-state index contributed by atoms with van der Waals surface area (Å²) in [5.41, 5.74) is 5.44. The molecule has 3 nitrogen and oxygen atoms in total. The monoisotopic (exact) mass is 253 g/mol. The molecule has 94 valence electrons. The molecule has 0 radical (unpaired) electrons. The standard InChI is InChI=1S/C12H10F3N3/c13-12(14,15)10-4-2-1-3-9(10)11-5-8(6-16)17-7-18-11/h1-5,7H,6,16H2. The largest absolute Gasteiger partial charge is 0.417 e. The van der Waals surface area contributed by atoms with Crippen LogP contribution in [0.1, 0.15) is 11.3 Å². The first-order valence-electron chi connectivity index (χ1n) is 5.20. The lowest BCUT2D eigenvalue weighted by Gasteiger charge is -2.12. The quantitative estimate of drug-likeness (QED) is 0.895. The molecular formula is C12H10F3N3. The van der Waals surface area contributed by atoms with Crippen LogP contribution in [0.25, 0.3) is 11.3 Å². The van der Waals surface area contributed by atoms with Crippen LogP contribution in [0, 0.1) is 0 Å². The second kappa shape index (κ2) is 4.73. The lowest BCUT2D eigenvalue weighted by atomic mass is 10.0. The van der Waals surface area contributed by atoms with Crippen molar-refractivity contribution in [1.29, 1.82) is 0 Å². The Balaban J connectivity index is 2.57. The summed E-state index contributed by atoms with van der Waals surface area (Å²) in [7, 11) is 0. The first kappa shape index (κ1) is 12.5. The summed E-state index contributed by atoms with van der Waals surface area (Å²) in [6.07, 6.45) is -3.20. The van der Waals surface area contributed by atoms with Crippen molar-refractivity contribution in [2.45, 2.75) is 12.7 Å². The molecule has 18 heavy (non-hydrogen) atoms. The fraction of sp³-hybridized carbons (Fsp3) is 0.167. The third-order valence-electron chi connectivity index (χ3n) is 2.44. The zero-order chi connectivity index (χ0) is 13.2. The molecular weight excluding hydrogens is 243 g/mol. The molecule has 0 amide bonds. The zero-order valence-electron chi connectivity index (χ0n) is 9.28. The van der Waals surface area contributed by atoms with E-state index >= 15 is 0 Å². The van der Waals surface area contributed by atoms with E-state index in [2.05, 4.69) is 9.97 Å². The van der Waals surface area contributed by atoms with Crippen molar-refractivity contribution in [3.8, 4) is 11.3 Å². The maximum Gasteiger partial charge on any atom is 0.417 e. The van der Waals surface area contributed by atoms with Crippen LogP contribution in [0.4, 0.5) is 13.2 Å². The van der Waals surface area contributed by atoms with E-state index in [-0.39, 0.29) is 17.8 Å². The van der Waals surface area contributed by atoms with Crippen molar-refractivity contribution in [3.05, 3.63) is 47.9 Å². The molecule has 0 bridgehead atoms. The van der Waals surface area contributed by atoms with Gasteiger partial charge in [0.25, 0.3) is 0 Å². The van der Waals surface area contributed by atoms with Crippen molar-refractivity contribution < 1.29 is 13.2 Å². The van der Waals surface area contributed by atoms with Gasteiger partial charge in [-0.15, -0.1) is 0 Å². The molecule has 0 aliphatic rings. The number of rotatable bonds is 2. The molecule has 0 aliphatic carbocycles. The molecule has 0 fully saturated rings. The van der Waals surface area contributed by atoms with E-state index < -0.39 is 11.7 Å². The Morgan fingerprint density at radius 3 is 2.50 bits per heavy atom. The number of hydrogen-bond donors (Lipinski definition) is 1. The molecule has 2 aromatic rings. The normalized spacial score (nSPS) is 11.6. The first-order chi connectivity index (χ1) is 8.52. The molecule has 2 N–H and O–H groups in total. The third-order valence-corrected chi connectivity index (χ3v) is 2.44. The Labute approximate surface area is 101 Å². The van der Waals surface area contributed by atoms with Gasteiger partial charge in [0.05, 0.1) is 17.0 Å². The second-order valence-electron chi connectivity index (χ2n) is 3.64. The molecule has 0 aliphatic heterocycles. The van der Waals surface area contributed by atoms with Crippen molar-refractivity contribution in [3.63, 3.8) is 0 Å². The van der Waals surface area contributed by atoms with Crippen molar-refractivity contribution in [2.75, 3.05) is 0 Å². The highest BCUT2D eigenvalue weighted by Gasteiger charge is 2.33. The zero-order valence-corrected chi connectivity index (χ0v) is 9.28. The Kier molecular flexibility index (Phi) is 3.29. The van der Waals surface area contributed by atoms with E-state index in [9.17, 15) is 13.2 Å². The van der Waals surface area contributed by atoms with E-state index in [1.165, 1.54) is 30.6 Å². The highest BCUT2D eigenvalue weighted by molar-refractivity contribution is 5.64. The molecule has 1 heterocycles. The third kappa shape index (κ3) is 2.48. The molecule has 0 atom stereocenters. The first-order valence-corrected chi connectivity index (χ1v) is 5.20. The minimum absolute atomic E-state index is 0.0297. The van der Waals surface area contributed by atoms with Gasteiger partial charge in [0.15, 0.2) is 0 Å². The Morgan fingerprint density at radius 1 is 1.11 bits per heavy atom. The van der Waals surface area contributed by atoms with Gasteiger partial charge in [-0.25, -0.2) is 9.97 Å². The predicted octanol–water partition coefficient (Wildman–Crippen LogP) is 2.62. The number of nitrogens with zero attached hydrogens (tertiary/aromatic N) is 2. The molecule has 0 unspecified atom stereocenters. The second-order valence-corrected chi connectivity index (χ2v) is 3.64. The van der Waals surface area contributed by atoms with Gasteiger partial charge >= 0.3 is 6.18 Å². The SMILES string of the molecule is NCc1cc(-c2ccccc2C(F)(F)F)ncn1. The molecule has 2 rings (SSSR count). The van der Waals surface area contributed by atoms with Crippen LogP contribution in [0.3, 0.4) is 0 Å². The Hall–Kier alpha value is -1.95. The number of hydrogen-bond acceptors (Lipinski definition) is 3. The Morgan fingerprint density at radius 2 is 1.83 bits per heavy atom. The highest BCUT2D eigenvalue weighted by atomic mass is 19.4. The summed E-state index contributed by atoms with van der Waals surface area (Å²) in [4.78, 5) is 7.72. The highest BCUT2D eigenvalue weighted by Crippen LogP contribution is 2.36. The van der Waals surface area contributed by atoms with Gasteiger partial charge in [-0.3, -0.25) is 0 Å². The van der Waals surface area contributed by atoms with Crippen LogP contribution < -0.4 is 5.73 Å². The van der Waals surface area contributed by atoms with Crippen LogP contribution in [0.15, 0.2) is 36.7 Å². The van der Waals surface area contributed by atoms with E-state index in [1.807, 2.05) is 0 Å².